The zero-order valence-electron chi connectivity index (χ0n) is 10.1. The summed E-state index contributed by atoms with van der Waals surface area (Å²) in [5.74, 6) is 0. The van der Waals surface area contributed by atoms with Crippen LogP contribution >= 0.6 is 0 Å². The number of rotatable bonds is 2. The zero-order chi connectivity index (χ0) is 10.7. The Morgan fingerprint density at radius 1 is 1.40 bits per heavy atom. The summed E-state index contributed by atoms with van der Waals surface area (Å²) in [6.07, 6.45) is 4.13. The standard InChI is InChI=1S/C12H24N2O/c1-3-12(4-9-15-11(2)10-12)14-7-5-13-6-8-14/h11,13H,3-10H2,1-2H3/t11-,12-/m1/s1. The van der Waals surface area contributed by atoms with E-state index in [1.165, 1.54) is 32.4 Å². The van der Waals surface area contributed by atoms with E-state index >= 15 is 0 Å². The molecule has 0 saturated carbocycles. The molecule has 2 heterocycles. The fourth-order valence-corrected chi connectivity index (χ4v) is 3.12. The summed E-state index contributed by atoms with van der Waals surface area (Å²) in [4.78, 5) is 2.70. The predicted molar refractivity (Wildman–Crippen MR) is 62.1 cm³/mol. The van der Waals surface area contributed by atoms with Crippen molar-refractivity contribution in [3.8, 4) is 0 Å². The maximum absolute atomic E-state index is 5.68. The Bertz CT molecular complexity index is 204. The van der Waals surface area contributed by atoms with E-state index in [4.69, 9.17) is 4.74 Å². The smallest absolute Gasteiger partial charge is 0.0564 e. The Hall–Kier alpha value is -0.120. The number of hydrogen-bond donors (Lipinski definition) is 1. The maximum Gasteiger partial charge on any atom is 0.0564 e. The van der Waals surface area contributed by atoms with Crippen LogP contribution in [-0.2, 0) is 4.74 Å². The van der Waals surface area contributed by atoms with Gasteiger partial charge in [-0.15, -0.1) is 0 Å². The van der Waals surface area contributed by atoms with Crippen molar-refractivity contribution in [1.82, 2.24) is 10.2 Å². The van der Waals surface area contributed by atoms with Crippen molar-refractivity contribution in [2.75, 3.05) is 32.8 Å². The molecule has 0 unspecified atom stereocenters. The van der Waals surface area contributed by atoms with Crippen molar-refractivity contribution in [2.45, 2.75) is 44.8 Å². The van der Waals surface area contributed by atoms with Crippen LogP contribution in [0, 0.1) is 0 Å². The van der Waals surface area contributed by atoms with Crippen molar-refractivity contribution in [2.24, 2.45) is 0 Å². The Morgan fingerprint density at radius 2 is 2.13 bits per heavy atom. The number of nitrogens with one attached hydrogen (secondary N) is 1. The van der Waals surface area contributed by atoms with Crippen LogP contribution in [0.2, 0.25) is 0 Å². The average molecular weight is 212 g/mol. The lowest BCUT2D eigenvalue weighted by Crippen LogP contribution is -2.59. The van der Waals surface area contributed by atoms with Gasteiger partial charge in [0, 0.05) is 38.3 Å². The molecule has 88 valence electrons. The molecule has 15 heavy (non-hydrogen) atoms. The minimum absolute atomic E-state index is 0.430. The summed E-state index contributed by atoms with van der Waals surface area (Å²) in [5, 5.41) is 3.43. The molecular formula is C12H24N2O. The van der Waals surface area contributed by atoms with E-state index in [9.17, 15) is 0 Å². The Kier molecular flexibility index (Phi) is 3.65. The Balaban J connectivity index is 2.04. The van der Waals surface area contributed by atoms with Crippen LogP contribution in [0.25, 0.3) is 0 Å². The molecule has 0 aliphatic carbocycles. The lowest BCUT2D eigenvalue weighted by molar-refractivity contribution is -0.0723. The third-order valence-corrected chi connectivity index (χ3v) is 4.08. The van der Waals surface area contributed by atoms with Crippen LogP contribution in [0.3, 0.4) is 0 Å². The van der Waals surface area contributed by atoms with Gasteiger partial charge in [0.15, 0.2) is 0 Å². The van der Waals surface area contributed by atoms with Crippen LogP contribution in [-0.4, -0.2) is 49.3 Å². The van der Waals surface area contributed by atoms with Crippen molar-refractivity contribution in [1.29, 1.82) is 0 Å². The van der Waals surface area contributed by atoms with Gasteiger partial charge in [-0.05, 0) is 26.2 Å². The molecule has 0 spiro atoms. The number of hydrogen-bond acceptors (Lipinski definition) is 3. The topological polar surface area (TPSA) is 24.5 Å². The molecule has 2 aliphatic rings. The predicted octanol–water partition coefficient (Wildman–Crippen LogP) is 1.24. The Labute approximate surface area is 93.2 Å². The minimum Gasteiger partial charge on any atom is -0.378 e. The zero-order valence-corrected chi connectivity index (χ0v) is 10.1. The summed E-state index contributed by atoms with van der Waals surface area (Å²) < 4.78 is 5.68. The fraction of sp³-hybridized carbons (Fsp3) is 1.00. The molecule has 0 bridgehead atoms. The van der Waals surface area contributed by atoms with E-state index in [1.807, 2.05) is 0 Å². The summed E-state index contributed by atoms with van der Waals surface area (Å²) in [5.41, 5.74) is 0.430. The molecule has 0 radical (unpaired) electrons. The first-order valence-electron chi connectivity index (χ1n) is 6.34. The van der Waals surface area contributed by atoms with E-state index in [0.717, 1.165) is 19.7 Å². The second-order valence-electron chi connectivity index (χ2n) is 4.95. The van der Waals surface area contributed by atoms with Crippen LogP contribution in [0.5, 0.6) is 0 Å². The molecule has 0 amide bonds. The number of nitrogens with zero attached hydrogens (tertiary/aromatic N) is 1. The van der Waals surface area contributed by atoms with Crippen LogP contribution in [0.4, 0.5) is 0 Å². The van der Waals surface area contributed by atoms with E-state index in [2.05, 4.69) is 24.1 Å². The third kappa shape index (κ3) is 2.35. The SMILES string of the molecule is CC[C@@]1(N2CCNCC2)CCO[C@H](C)C1. The molecule has 2 rings (SSSR count). The average Bonchev–Trinajstić information content (AvgIpc) is 2.30. The number of ether oxygens (including phenoxy) is 1. The van der Waals surface area contributed by atoms with Gasteiger partial charge >= 0.3 is 0 Å². The quantitative estimate of drug-likeness (QED) is 0.745. The molecule has 0 aromatic rings. The molecule has 2 atom stereocenters. The highest BCUT2D eigenvalue weighted by molar-refractivity contribution is 4.95. The monoisotopic (exact) mass is 212 g/mol. The lowest BCUT2D eigenvalue weighted by Gasteiger charge is -2.49. The molecular weight excluding hydrogens is 188 g/mol. The summed E-state index contributed by atoms with van der Waals surface area (Å²) in [7, 11) is 0. The van der Waals surface area contributed by atoms with E-state index in [1.54, 1.807) is 0 Å². The highest BCUT2D eigenvalue weighted by Gasteiger charge is 2.39. The van der Waals surface area contributed by atoms with Crippen molar-refractivity contribution in [3.63, 3.8) is 0 Å². The van der Waals surface area contributed by atoms with Crippen LogP contribution in [0.1, 0.15) is 33.1 Å². The van der Waals surface area contributed by atoms with Gasteiger partial charge in [0.1, 0.15) is 0 Å². The van der Waals surface area contributed by atoms with Gasteiger partial charge < -0.3 is 10.1 Å². The second kappa shape index (κ2) is 4.81. The summed E-state index contributed by atoms with van der Waals surface area (Å²) in [6, 6.07) is 0. The highest BCUT2D eigenvalue weighted by Crippen LogP contribution is 2.34. The number of piperazine rings is 1. The van der Waals surface area contributed by atoms with Crippen LogP contribution < -0.4 is 5.32 Å². The molecule has 2 fully saturated rings. The van der Waals surface area contributed by atoms with Gasteiger partial charge in [0.05, 0.1) is 6.10 Å². The molecule has 3 nitrogen and oxygen atoms in total. The molecule has 1 N–H and O–H groups in total. The van der Waals surface area contributed by atoms with Gasteiger partial charge in [-0.3, -0.25) is 4.90 Å². The molecule has 2 saturated heterocycles. The van der Waals surface area contributed by atoms with Gasteiger partial charge in [-0.25, -0.2) is 0 Å². The van der Waals surface area contributed by atoms with Gasteiger partial charge in [-0.1, -0.05) is 6.92 Å². The summed E-state index contributed by atoms with van der Waals surface area (Å²) in [6.45, 7) is 10.2. The summed E-state index contributed by atoms with van der Waals surface area (Å²) >= 11 is 0. The first-order valence-corrected chi connectivity index (χ1v) is 6.34. The van der Waals surface area contributed by atoms with Gasteiger partial charge in [-0.2, -0.15) is 0 Å². The van der Waals surface area contributed by atoms with E-state index < -0.39 is 0 Å². The van der Waals surface area contributed by atoms with Crippen molar-refractivity contribution < 1.29 is 4.74 Å². The normalized spacial score (nSPS) is 39.2. The maximum atomic E-state index is 5.68. The fourth-order valence-electron chi connectivity index (χ4n) is 3.12. The van der Waals surface area contributed by atoms with Crippen LogP contribution in [0.15, 0.2) is 0 Å². The van der Waals surface area contributed by atoms with E-state index in [-0.39, 0.29) is 0 Å². The minimum atomic E-state index is 0.430. The first kappa shape index (κ1) is 11.4. The second-order valence-corrected chi connectivity index (χ2v) is 4.95. The first-order chi connectivity index (χ1) is 7.27. The Morgan fingerprint density at radius 3 is 2.73 bits per heavy atom. The van der Waals surface area contributed by atoms with Crippen molar-refractivity contribution >= 4 is 0 Å². The molecule has 2 aliphatic heterocycles. The highest BCUT2D eigenvalue weighted by atomic mass is 16.5. The lowest BCUT2D eigenvalue weighted by atomic mass is 9.82. The van der Waals surface area contributed by atoms with Crippen molar-refractivity contribution in [3.05, 3.63) is 0 Å². The molecule has 0 aromatic carbocycles. The third-order valence-electron chi connectivity index (χ3n) is 4.08. The van der Waals surface area contributed by atoms with Gasteiger partial charge in [0.25, 0.3) is 0 Å². The van der Waals surface area contributed by atoms with E-state index in [0.29, 0.717) is 11.6 Å². The molecule has 3 heteroatoms. The van der Waals surface area contributed by atoms with Gasteiger partial charge in [0.2, 0.25) is 0 Å². The molecule has 0 aromatic heterocycles. The largest absolute Gasteiger partial charge is 0.378 e.